The lowest BCUT2D eigenvalue weighted by atomic mass is 10.0. The molecule has 1 aromatic heterocycles. The molecule has 0 saturated carbocycles. The number of aromatic hydroxyl groups is 1. The number of rotatable bonds is 2. The Bertz CT molecular complexity index is 902. The molecule has 1 heterocycles. The number of nitrogens with zero attached hydrogens (tertiary/aromatic N) is 2. The number of aromatic nitrogens is 1. The van der Waals surface area contributed by atoms with Gasteiger partial charge in [0.25, 0.3) is 0 Å². The van der Waals surface area contributed by atoms with E-state index in [1.807, 2.05) is 31.2 Å². The highest BCUT2D eigenvalue weighted by Crippen LogP contribution is 2.39. The second kappa shape index (κ2) is 5.31. The summed E-state index contributed by atoms with van der Waals surface area (Å²) in [7, 11) is 0. The number of para-hydroxylation sites is 1. The van der Waals surface area contributed by atoms with Crippen LogP contribution in [-0.2, 0) is 0 Å². The minimum atomic E-state index is -0.296. The zero-order valence-corrected chi connectivity index (χ0v) is 13.2. The first kappa shape index (κ1) is 14.1. The van der Waals surface area contributed by atoms with Crippen molar-refractivity contribution in [3.63, 3.8) is 0 Å². The topological polar surface area (TPSA) is 57.5 Å². The van der Waals surface area contributed by atoms with Crippen LogP contribution >= 0.6 is 11.3 Å². The van der Waals surface area contributed by atoms with E-state index in [0.29, 0.717) is 28.4 Å². The van der Waals surface area contributed by atoms with Crippen molar-refractivity contribution in [1.29, 1.82) is 0 Å². The predicted octanol–water partition coefficient (Wildman–Crippen LogP) is 4.46. The highest BCUT2D eigenvalue weighted by Gasteiger charge is 2.30. The number of anilines is 1. The maximum atomic E-state index is 14.0. The van der Waals surface area contributed by atoms with Gasteiger partial charge in [-0.25, -0.2) is 9.37 Å². The average Bonchev–Trinajstić information content (AvgIpc) is 3.10. The van der Waals surface area contributed by atoms with Gasteiger partial charge < -0.3 is 5.11 Å². The average molecular weight is 327 g/mol. The molecule has 1 aliphatic rings. The molecule has 1 atom stereocenters. The van der Waals surface area contributed by atoms with Gasteiger partial charge in [0.05, 0.1) is 15.9 Å². The van der Waals surface area contributed by atoms with Crippen LogP contribution in [0.3, 0.4) is 0 Å². The molecule has 0 aliphatic heterocycles. The van der Waals surface area contributed by atoms with Gasteiger partial charge in [-0.2, -0.15) is 5.10 Å². The van der Waals surface area contributed by atoms with E-state index in [4.69, 9.17) is 0 Å². The number of fused-ring (bicyclic) bond motifs is 2. The summed E-state index contributed by atoms with van der Waals surface area (Å²) in [5.74, 6) is -0.237. The van der Waals surface area contributed by atoms with Crippen molar-refractivity contribution in [1.82, 2.24) is 4.98 Å². The summed E-state index contributed by atoms with van der Waals surface area (Å²) >= 11 is 1.50. The van der Waals surface area contributed by atoms with Crippen molar-refractivity contribution in [3.05, 3.63) is 53.3 Å². The Kier molecular flexibility index (Phi) is 3.27. The molecule has 0 fully saturated rings. The number of hydrazone groups is 1. The molecule has 0 spiro atoms. The number of halogens is 1. The first-order valence-electron chi connectivity index (χ1n) is 7.33. The maximum Gasteiger partial charge on any atom is 0.204 e. The van der Waals surface area contributed by atoms with Gasteiger partial charge in [-0.15, -0.1) is 0 Å². The van der Waals surface area contributed by atoms with Crippen molar-refractivity contribution >= 4 is 32.4 Å². The Morgan fingerprint density at radius 2 is 2.13 bits per heavy atom. The number of phenolic OH excluding ortho intramolecular Hbond substituents is 1. The van der Waals surface area contributed by atoms with Gasteiger partial charge >= 0.3 is 0 Å². The number of phenols is 1. The molecule has 0 radical (unpaired) electrons. The van der Waals surface area contributed by atoms with E-state index in [1.54, 1.807) is 0 Å². The molecule has 3 aromatic rings. The van der Waals surface area contributed by atoms with Gasteiger partial charge in [-0.1, -0.05) is 30.4 Å². The zero-order chi connectivity index (χ0) is 16.0. The molecular weight excluding hydrogens is 313 g/mol. The molecule has 4 nitrogen and oxygen atoms in total. The van der Waals surface area contributed by atoms with Gasteiger partial charge in [-0.05, 0) is 36.6 Å². The first-order valence-corrected chi connectivity index (χ1v) is 8.15. The highest BCUT2D eigenvalue weighted by atomic mass is 32.1. The third-order valence-electron chi connectivity index (χ3n) is 4.03. The summed E-state index contributed by atoms with van der Waals surface area (Å²) in [6.07, 6.45) is 0.585. The lowest BCUT2D eigenvalue weighted by Crippen LogP contribution is -2.00. The van der Waals surface area contributed by atoms with E-state index < -0.39 is 0 Å². The third-order valence-corrected chi connectivity index (χ3v) is 4.97. The SMILES string of the molecule is C[C@H]1C/C(=N\Nc2nc3ccccc3s2)c2c(O)ccc(F)c21. The smallest absolute Gasteiger partial charge is 0.204 e. The third kappa shape index (κ3) is 2.35. The molecule has 116 valence electrons. The molecular formula is C17H14FN3OS. The molecule has 1 aliphatic carbocycles. The summed E-state index contributed by atoms with van der Waals surface area (Å²) in [5.41, 5.74) is 5.56. The van der Waals surface area contributed by atoms with Crippen molar-refractivity contribution in [3.8, 4) is 5.75 Å². The monoisotopic (exact) mass is 327 g/mol. The van der Waals surface area contributed by atoms with Gasteiger partial charge in [0.2, 0.25) is 5.13 Å². The normalized spacial score (nSPS) is 18.5. The molecule has 6 heteroatoms. The molecule has 0 saturated heterocycles. The lowest BCUT2D eigenvalue weighted by molar-refractivity contribution is 0.470. The Morgan fingerprint density at radius 1 is 1.30 bits per heavy atom. The Labute approximate surface area is 136 Å². The van der Waals surface area contributed by atoms with Crippen LogP contribution < -0.4 is 5.43 Å². The maximum absolute atomic E-state index is 14.0. The van der Waals surface area contributed by atoms with Gasteiger partial charge in [-0.3, -0.25) is 5.43 Å². The second-order valence-corrected chi connectivity index (χ2v) is 6.65. The van der Waals surface area contributed by atoms with Gasteiger partial charge in [0.1, 0.15) is 11.6 Å². The predicted molar refractivity (Wildman–Crippen MR) is 90.9 cm³/mol. The van der Waals surface area contributed by atoms with E-state index in [9.17, 15) is 9.50 Å². The zero-order valence-electron chi connectivity index (χ0n) is 12.4. The Balaban J connectivity index is 1.70. The quantitative estimate of drug-likeness (QED) is 0.683. The van der Waals surface area contributed by atoms with Crippen LogP contribution in [-0.4, -0.2) is 15.8 Å². The van der Waals surface area contributed by atoms with Gasteiger partial charge in [0.15, 0.2) is 0 Å². The summed E-state index contributed by atoms with van der Waals surface area (Å²) < 4.78 is 15.1. The molecule has 0 amide bonds. The van der Waals surface area contributed by atoms with Crippen molar-refractivity contribution in [2.75, 3.05) is 5.43 Å². The molecule has 2 aromatic carbocycles. The van der Waals surface area contributed by atoms with Crippen molar-refractivity contribution in [2.24, 2.45) is 5.10 Å². The standard InChI is InChI=1S/C17H14FN3OS/c1-9-8-12(16-13(22)7-6-10(18)15(9)16)20-21-17-19-11-4-2-3-5-14(11)23-17/h2-7,9,22H,8H2,1H3,(H,19,21)/b20-12+/t9-/m0/s1. The minimum absolute atomic E-state index is 0.00647. The number of thiazole rings is 1. The van der Waals surface area contributed by atoms with Crippen LogP contribution in [0.25, 0.3) is 10.2 Å². The second-order valence-electron chi connectivity index (χ2n) is 5.62. The van der Waals surface area contributed by atoms with E-state index in [2.05, 4.69) is 15.5 Å². The van der Waals surface area contributed by atoms with Crippen LogP contribution in [0.1, 0.15) is 30.4 Å². The largest absolute Gasteiger partial charge is 0.507 e. The Hall–Kier alpha value is -2.47. The molecule has 23 heavy (non-hydrogen) atoms. The van der Waals surface area contributed by atoms with E-state index in [1.165, 1.54) is 23.5 Å². The van der Waals surface area contributed by atoms with Gasteiger partial charge in [0, 0.05) is 11.1 Å². The van der Waals surface area contributed by atoms with Crippen LogP contribution in [0.15, 0.2) is 41.5 Å². The number of benzene rings is 2. The molecule has 0 unspecified atom stereocenters. The fourth-order valence-corrected chi connectivity index (χ4v) is 3.81. The van der Waals surface area contributed by atoms with Crippen LogP contribution in [0.4, 0.5) is 9.52 Å². The number of hydrogen-bond donors (Lipinski definition) is 2. The van der Waals surface area contributed by atoms with Crippen molar-refractivity contribution < 1.29 is 9.50 Å². The summed E-state index contributed by atoms with van der Waals surface area (Å²) in [6, 6.07) is 10.5. The molecule has 2 N–H and O–H groups in total. The summed E-state index contributed by atoms with van der Waals surface area (Å²) in [5, 5.41) is 15.1. The van der Waals surface area contributed by atoms with E-state index in [0.717, 1.165) is 10.2 Å². The van der Waals surface area contributed by atoms with Crippen LogP contribution in [0.2, 0.25) is 0 Å². The lowest BCUT2D eigenvalue weighted by Gasteiger charge is -2.06. The fraction of sp³-hybridized carbons (Fsp3) is 0.176. The first-order chi connectivity index (χ1) is 11.1. The Morgan fingerprint density at radius 3 is 2.96 bits per heavy atom. The summed E-state index contributed by atoms with van der Waals surface area (Å²) in [6.45, 7) is 1.93. The number of hydrogen-bond acceptors (Lipinski definition) is 5. The minimum Gasteiger partial charge on any atom is -0.507 e. The van der Waals surface area contributed by atoms with Crippen LogP contribution in [0.5, 0.6) is 5.75 Å². The van der Waals surface area contributed by atoms with E-state index >= 15 is 0 Å². The van der Waals surface area contributed by atoms with E-state index in [-0.39, 0.29) is 17.5 Å². The summed E-state index contributed by atoms with van der Waals surface area (Å²) in [4.78, 5) is 4.45. The van der Waals surface area contributed by atoms with Crippen LogP contribution in [0, 0.1) is 5.82 Å². The highest BCUT2D eigenvalue weighted by molar-refractivity contribution is 7.22. The van der Waals surface area contributed by atoms with Crippen molar-refractivity contribution in [2.45, 2.75) is 19.3 Å². The fourth-order valence-electron chi connectivity index (χ4n) is 3.00. The molecule has 4 rings (SSSR count). The molecule has 0 bridgehead atoms. The number of nitrogens with one attached hydrogen (secondary N) is 1.